The predicted octanol–water partition coefficient (Wildman–Crippen LogP) is 2.56. The largest absolute Gasteiger partial charge is 0.343 e. The lowest BCUT2D eigenvalue weighted by Crippen LogP contribution is -2.25. The van der Waals surface area contributed by atoms with Gasteiger partial charge in [-0.25, -0.2) is 4.98 Å². The van der Waals surface area contributed by atoms with Crippen LogP contribution in [0.4, 0.5) is 0 Å². The molecule has 0 saturated heterocycles. The lowest BCUT2D eigenvalue weighted by molar-refractivity contribution is 0.0944. The van der Waals surface area contributed by atoms with Gasteiger partial charge in [0.25, 0.3) is 5.91 Å². The van der Waals surface area contributed by atoms with Gasteiger partial charge in [0.2, 0.25) is 0 Å². The summed E-state index contributed by atoms with van der Waals surface area (Å²) in [5.74, 6) is 0.617. The van der Waals surface area contributed by atoms with Gasteiger partial charge in [-0.1, -0.05) is 18.2 Å². The number of aromatic nitrogens is 5. The van der Waals surface area contributed by atoms with E-state index in [1.807, 2.05) is 36.0 Å². The van der Waals surface area contributed by atoms with Crippen LogP contribution in [0.5, 0.6) is 0 Å². The molecule has 1 aromatic carbocycles. The molecule has 7 heteroatoms. The monoisotopic (exact) mass is 348 g/mol. The molecule has 4 rings (SSSR count). The van der Waals surface area contributed by atoms with Crippen molar-refractivity contribution in [2.45, 2.75) is 26.6 Å². The number of carbonyl (C=O) groups excluding carboxylic acids is 1. The fourth-order valence-electron chi connectivity index (χ4n) is 3.07. The van der Waals surface area contributed by atoms with Crippen LogP contribution < -0.4 is 5.32 Å². The molecule has 0 aliphatic heterocycles. The molecule has 0 radical (unpaired) electrons. The summed E-state index contributed by atoms with van der Waals surface area (Å²) < 4.78 is 4.12. The molecule has 4 aromatic rings. The molecule has 3 heterocycles. The van der Waals surface area contributed by atoms with Crippen molar-refractivity contribution in [2.24, 2.45) is 0 Å². The topological polar surface area (TPSA) is 80.5 Å². The molecule has 0 atom stereocenters. The highest BCUT2D eigenvalue weighted by Crippen LogP contribution is 2.16. The predicted molar refractivity (Wildman–Crippen MR) is 98.7 cm³/mol. The van der Waals surface area contributed by atoms with Gasteiger partial charge in [0.05, 0.1) is 18.8 Å². The Bertz CT molecular complexity index is 1040. The van der Waals surface area contributed by atoms with Gasteiger partial charge in [-0.2, -0.15) is 5.10 Å². The highest BCUT2D eigenvalue weighted by molar-refractivity contribution is 5.92. The number of aromatic amines is 1. The first kappa shape index (κ1) is 16.1. The Hall–Kier alpha value is -3.35. The molecular weight excluding hydrogens is 328 g/mol. The molecular formula is C19H20N6O. The Morgan fingerprint density at radius 1 is 1.19 bits per heavy atom. The first-order valence-electron chi connectivity index (χ1n) is 8.61. The van der Waals surface area contributed by atoms with E-state index in [-0.39, 0.29) is 5.91 Å². The number of benzene rings is 1. The van der Waals surface area contributed by atoms with Gasteiger partial charge in [0.15, 0.2) is 0 Å². The minimum Gasteiger partial charge on any atom is -0.343 e. The fourth-order valence-corrected chi connectivity index (χ4v) is 3.07. The number of aryl methyl sites for hydroxylation is 1. The maximum absolute atomic E-state index is 12.3. The quantitative estimate of drug-likeness (QED) is 0.562. The van der Waals surface area contributed by atoms with Crippen molar-refractivity contribution >= 4 is 16.8 Å². The maximum Gasteiger partial charge on any atom is 0.272 e. The second-order valence-electron chi connectivity index (χ2n) is 6.09. The lowest BCUT2D eigenvalue weighted by Gasteiger charge is -2.05. The highest BCUT2D eigenvalue weighted by Gasteiger charge is 2.12. The lowest BCUT2D eigenvalue weighted by atomic mass is 10.2. The summed E-state index contributed by atoms with van der Waals surface area (Å²) in [5, 5.41) is 11.2. The SMILES string of the molecule is CCn1ccnc1CNC(=O)c1cc(Cn2ccc3ccccc32)[nH]n1. The van der Waals surface area contributed by atoms with Crippen molar-refractivity contribution in [3.05, 3.63) is 72.2 Å². The Morgan fingerprint density at radius 2 is 2.08 bits per heavy atom. The van der Waals surface area contributed by atoms with Gasteiger partial charge in [-0.3, -0.25) is 9.89 Å². The van der Waals surface area contributed by atoms with E-state index in [0.29, 0.717) is 18.8 Å². The second-order valence-corrected chi connectivity index (χ2v) is 6.09. The van der Waals surface area contributed by atoms with Crippen LogP contribution in [0.2, 0.25) is 0 Å². The van der Waals surface area contributed by atoms with Crippen LogP contribution in [0.15, 0.2) is 55.0 Å². The second kappa shape index (κ2) is 6.87. The zero-order valence-electron chi connectivity index (χ0n) is 14.5. The fraction of sp³-hybridized carbons (Fsp3) is 0.211. The number of rotatable bonds is 6. The first-order chi connectivity index (χ1) is 12.7. The standard InChI is InChI=1S/C19H20N6O/c1-2-24-10-8-20-18(24)12-21-19(26)16-11-15(22-23-16)13-25-9-7-14-5-3-4-6-17(14)25/h3-11H,2,12-13H2,1H3,(H,21,26)(H,22,23). The van der Waals surface area contributed by atoms with E-state index in [2.05, 4.69) is 43.3 Å². The zero-order chi connectivity index (χ0) is 17.9. The molecule has 7 nitrogen and oxygen atoms in total. The number of carbonyl (C=O) groups is 1. The van der Waals surface area contributed by atoms with Crippen molar-refractivity contribution in [1.29, 1.82) is 0 Å². The van der Waals surface area contributed by atoms with Crippen molar-refractivity contribution in [1.82, 2.24) is 29.6 Å². The third-order valence-electron chi connectivity index (χ3n) is 4.43. The van der Waals surface area contributed by atoms with Crippen LogP contribution in [0, 0.1) is 0 Å². The Morgan fingerprint density at radius 3 is 2.96 bits per heavy atom. The molecule has 26 heavy (non-hydrogen) atoms. The molecule has 0 bridgehead atoms. The molecule has 0 spiro atoms. The van der Waals surface area contributed by atoms with E-state index in [0.717, 1.165) is 23.6 Å². The number of imidazole rings is 1. The molecule has 132 valence electrons. The Balaban J connectivity index is 1.43. The van der Waals surface area contributed by atoms with E-state index in [4.69, 9.17) is 0 Å². The molecule has 0 aliphatic carbocycles. The van der Waals surface area contributed by atoms with E-state index in [1.54, 1.807) is 12.3 Å². The number of amides is 1. The molecule has 0 saturated carbocycles. The van der Waals surface area contributed by atoms with Crippen LogP contribution in [0.25, 0.3) is 10.9 Å². The van der Waals surface area contributed by atoms with E-state index >= 15 is 0 Å². The summed E-state index contributed by atoms with van der Waals surface area (Å²) in [6, 6.07) is 12.1. The van der Waals surface area contributed by atoms with Crippen LogP contribution in [-0.2, 0) is 19.6 Å². The van der Waals surface area contributed by atoms with E-state index in [1.165, 1.54) is 5.39 Å². The molecule has 0 unspecified atom stereocenters. The molecule has 0 fully saturated rings. The van der Waals surface area contributed by atoms with Gasteiger partial charge >= 0.3 is 0 Å². The molecule has 1 amide bonds. The van der Waals surface area contributed by atoms with Gasteiger partial charge in [-0.15, -0.1) is 0 Å². The number of para-hydroxylation sites is 1. The minimum atomic E-state index is -0.212. The molecule has 2 N–H and O–H groups in total. The van der Waals surface area contributed by atoms with Crippen molar-refractivity contribution in [3.8, 4) is 0 Å². The Labute approximate surface area is 150 Å². The van der Waals surface area contributed by atoms with Gasteiger partial charge in [0.1, 0.15) is 11.5 Å². The molecule has 0 aliphatic rings. The normalized spacial score (nSPS) is 11.1. The number of hydrogen-bond acceptors (Lipinski definition) is 3. The summed E-state index contributed by atoms with van der Waals surface area (Å²) >= 11 is 0. The van der Waals surface area contributed by atoms with Crippen LogP contribution in [0.3, 0.4) is 0 Å². The number of fused-ring (bicyclic) bond motifs is 1. The first-order valence-corrected chi connectivity index (χ1v) is 8.61. The number of nitrogens with one attached hydrogen (secondary N) is 2. The highest BCUT2D eigenvalue weighted by atomic mass is 16.1. The van der Waals surface area contributed by atoms with E-state index in [9.17, 15) is 4.79 Å². The van der Waals surface area contributed by atoms with Gasteiger partial charge in [0, 0.05) is 30.7 Å². The zero-order valence-corrected chi connectivity index (χ0v) is 14.5. The number of hydrogen-bond donors (Lipinski definition) is 2. The maximum atomic E-state index is 12.3. The average molecular weight is 348 g/mol. The van der Waals surface area contributed by atoms with Gasteiger partial charge < -0.3 is 14.5 Å². The van der Waals surface area contributed by atoms with Crippen LogP contribution in [0.1, 0.15) is 28.9 Å². The van der Waals surface area contributed by atoms with E-state index < -0.39 is 0 Å². The summed E-state index contributed by atoms with van der Waals surface area (Å²) in [6.07, 6.45) is 5.67. The third kappa shape index (κ3) is 3.11. The van der Waals surface area contributed by atoms with Crippen LogP contribution >= 0.6 is 0 Å². The van der Waals surface area contributed by atoms with Crippen molar-refractivity contribution in [2.75, 3.05) is 0 Å². The van der Waals surface area contributed by atoms with Crippen molar-refractivity contribution in [3.63, 3.8) is 0 Å². The number of H-pyrrole nitrogens is 1. The smallest absolute Gasteiger partial charge is 0.272 e. The third-order valence-corrected chi connectivity index (χ3v) is 4.43. The van der Waals surface area contributed by atoms with Gasteiger partial charge in [-0.05, 0) is 30.5 Å². The summed E-state index contributed by atoms with van der Waals surface area (Å²) in [6.45, 7) is 3.87. The Kier molecular flexibility index (Phi) is 4.27. The summed E-state index contributed by atoms with van der Waals surface area (Å²) in [5.41, 5.74) is 2.41. The van der Waals surface area contributed by atoms with Crippen LogP contribution in [-0.4, -0.2) is 30.2 Å². The molecule has 3 aromatic heterocycles. The average Bonchev–Trinajstić information content (AvgIpc) is 3.40. The van der Waals surface area contributed by atoms with Crippen molar-refractivity contribution < 1.29 is 4.79 Å². The summed E-state index contributed by atoms with van der Waals surface area (Å²) in [4.78, 5) is 16.6. The summed E-state index contributed by atoms with van der Waals surface area (Å²) in [7, 11) is 0. The minimum absolute atomic E-state index is 0.212. The number of nitrogens with zero attached hydrogens (tertiary/aromatic N) is 4.